The molecule has 0 aliphatic heterocycles. The molecule has 82 valence electrons. The van der Waals surface area contributed by atoms with Crippen LogP contribution in [0.25, 0.3) is 0 Å². The van der Waals surface area contributed by atoms with Crippen molar-refractivity contribution in [2.24, 2.45) is 5.92 Å². The number of carboxylic acids is 1. The van der Waals surface area contributed by atoms with Crippen LogP contribution in [0.5, 0.6) is 0 Å². The molecule has 0 aliphatic rings. The summed E-state index contributed by atoms with van der Waals surface area (Å²) in [5.74, 6) is -2.24. The molecule has 1 aromatic rings. The van der Waals surface area contributed by atoms with Crippen molar-refractivity contribution in [2.75, 3.05) is 6.54 Å². The van der Waals surface area contributed by atoms with Gasteiger partial charge in [-0.3, -0.25) is 9.59 Å². The van der Waals surface area contributed by atoms with Crippen molar-refractivity contribution in [3.8, 4) is 0 Å². The molecule has 0 spiro atoms. The van der Waals surface area contributed by atoms with E-state index in [0.29, 0.717) is 12.2 Å². The molecule has 7 heteroatoms. The monoisotopic (exact) mass is 213 g/mol. The maximum absolute atomic E-state index is 11.2. The second-order valence-corrected chi connectivity index (χ2v) is 2.95. The number of nitrogens with one attached hydrogen (secondary N) is 1. The van der Waals surface area contributed by atoms with E-state index in [-0.39, 0.29) is 6.54 Å². The number of amides is 1. The normalized spacial score (nSPS) is 12.1. The zero-order valence-electron chi connectivity index (χ0n) is 8.14. The Kier molecular flexibility index (Phi) is 3.78. The Morgan fingerprint density at radius 3 is 2.93 bits per heavy atom. The van der Waals surface area contributed by atoms with E-state index in [0.717, 1.165) is 0 Å². The summed E-state index contributed by atoms with van der Waals surface area (Å²) in [5, 5.41) is 14.5. The number of hydrogen-bond donors (Lipinski definition) is 2. The van der Waals surface area contributed by atoms with Gasteiger partial charge in [0.25, 0.3) is 0 Å². The largest absolute Gasteiger partial charge is 0.481 e. The van der Waals surface area contributed by atoms with Gasteiger partial charge in [0.1, 0.15) is 5.92 Å². The smallest absolute Gasteiger partial charge is 0.315 e. The minimum absolute atomic E-state index is 0.288. The van der Waals surface area contributed by atoms with Crippen molar-refractivity contribution in [3.05, 3.63) is 12.2 Å². The van der Waals surface area contributed by atoms with E-state index in [4.69, 9.17) is 5.11 Å². The average molecular weight is 213 g/mol. The van der Waals surface area contributed by atoms with Crippen LogP contribution in [-0.4, -0.2) is 33.7 Å². The zero-order valence-corrected chi connectivity index (χ0v) is 8.14. The molecule has 0 aliphatic carbocycles. The summed E-state index contributed by atoms with van der Waals surface area (Å²) in [6, 6.07) is 0. The molecule has 1 aromatic heterocycles. The fourth-order valence-electron chi connectivity index (χ4n) is 0.865. The number of aliphatic carboxylic acids is 1. The van der Waals surface area contributed by atoms with Gasteiger partial charge in [-0.1, -0.05) is 5.16 Å². The van der Waals surface area contributed by atoms with Gasteiger partial charge in [-0.15, -0.1) is 0 Å². The number of rotatable bonds is 5. The molecular formula is C8H11N3O4. The van der Waals surface area contributed by atoms with Crippen molar-refractivity contribution in [2.45, 2.75) is 13.3 Å². The highest BCUT2D eigenvalue weighted by atomic mass is 16.5. The molecule has 1 unspecified atom stereocenters. The standard InChI is InChI=1S/C8H11N3O4/c1-5(8(13)14)7(12)9-3-2-6-10-4-15-11-6/h4-5H,2-3H2,1H3,(H,9,12)(H,13,14). The van der Waals surface area contributed by atoms with E-state index < -0.39 is 17.8 Å². The number of aromatic nitrogens is 2. The van der Waals surface area contributed by atoms with E-state index in [9.17, 15) is 9.59 Å². The molecule has 0 bridgehead atoms. The van der Waals surface area contributed by atoms with Crippen LogP contribution < -0.4 is 5.32 Å². The Hall–Kier alpha value is -1.92. The topological polar surface area (TPSA) is 105 Å². The summed E-state index contributed by atoms with van der Waals surface area (Å²) in [7, 11) is 0. The SMILES string of the molecule is CC(C(=O)O)C(=O)NCCc1ncon1. The minimum Gasteiger partial charge on any atom is -0.481 e. The van der Waals surface area contributed by atoms with Crippen molar-refractivity contribution in [1.82, 2.24) is 15.5 Å². The molecule has 1 rings (SSSR count). The van der Waals surface area contributed by atoms with Crippen LogP contribution in [0.2, 0.25) is 0 Å². The lowest BCUT2D eigenvalue weighted by Crippen LogP contribution is -2.34. The molecule has 0 aromatic carbocycles. The summed E-state index contributed by atoms with van der Waals surface area (Å²) in [6.07, 6.45) is 1.60. The van der Waals surface area contributed by atoms with E-state index in [1.165, 1.54) is 13.3 Å². The Morgan fingerprint density at radius 2 is 2.40 bits per heavy atom. The van der Waals surface area contributed by atoms with E-state index in [1.54, 1.807) is 0 Å². The van der Waals surface area contributed by atoms with E-state index in [1.807, 2.05) is 0 Å². The van der Waals surface area contributed by atoms with Crippen molar-refractivity contribution in [3.63, 3.8) is 0 Å². The number of carbonyl (C=O) groups is 2. The molecule has 2 N–H and O–H groups in total. The Balaban J connectivity index is 2.26. The van der Waals surface area contributed by atoms with Crippen LogP contribution in [0.15, 0.2) is 10.9 Å². The fourth-order valence-corrected chi connectivity index (χ4v) is 0.865. The van der Waals surface area contributed by atoms with Gasteiger partial charge in [0.15, 0.2) is 5.82 Å². The third kappa shape index (κ3) is 3.37. The van der Waals surface area contributed by atoms with Crippen molar-refractivity contribution >= 4 is 11.9 Å². The van der Waals surface area contributed by atoms with Crippen LogP contribution in [0.1, 0.15) is 12.7 Å². The van der Waals surface area contributed by atoms with Gasteiger partial charge in [0.2, 0.25) is 12.3 Å². The lowest BCUT2D eigenvalue weighted by Gasteiger charge is -2.06. The molecule has 7 nitrogen and oxygen atoms in total. The Bertz CT molecular complexity index is 336. The quantitative estimate of drug-likeness (QED) is 0.635. The van der Waals surface area contributed by atoms with Crippen LogP contribution in [-0.2, 0) is 16.0 Å². The third-order valence-corrected chi connectivity index (χ3v) is 1.82. The van der Waals surface area contributed by atoms with Crippen LogP contribution >= 0.6 is 0 Å². The lowest BCUT2D eigenvalue weighted by atomic mass is 10.2. The first-order valence-corrected chi connectivity index (χ1v) is 4.37. The maximum Gasteiger partial charge on any atom is 0.315 e. The highest BCUT2D eigenvalue weighted by Gasteiger charge is 2.19. The van der Waals surface area contributed by atoms with Gasteiger partial charge in [0, 0.05) is 13.0 Å². The summed E-state index contributed by atoms with van der Waals surface area (Å²) in [4.78, 5) is 25.3. The summed E-state index contributed by atoms with van der Waals surface area (Å²) >= 11 is 0. The third-order valence-electron chi connectivity index (χ3n) is 1.82. The van der Waals surface area contributed by atoms with E-state index in [2.05, 4.69) is 20.0 Å². The highest BCUT2D eigenvalue weighted by Crippen LogP contribution is 1.94. The predicted octanol–water partition coefficient (Wildman–Crippen LogP) is -0.551. The molecule has 0 radical (unpaired) electrons. The number of hydrogen-bond acceptors (Lipinski definition) is 5. The molecular weight excluding hydrogens is 202 g/mol. The first kappa shape index (κ1) is 11.2. The minimum atomic E-state index is -1.15. The van der Waals surface area contributed by atoms with Gasteiger partial charge in [-0.2, -0.15) is 4.98 Å². The molecule has 1 amide bonds. The van der Waals surface area contributed by atoms with Gasteiger partial charge >= 0.3 is 5.97 Å². The van der Waals surface area contributed by atoms with Crippen LogP contribution in [0.3, 0.4) is 0 Å². The lowest BCUT2D eigenvalue weighted by molar-refractivity contribution is -0.146. The molecule has 0 saturated heterocycles. The molecule has 1 heterocycles. The summed E-state index contributed by atoms with van der Waals surface area (Å²) in [5.41, 5.74) is 0. The maximum atomic E-state index is 11.2. The number of nitrogens with zero attached hydrogens (tertiary/aromatic N) is 2. The van der Waals surface area contributed by atoms with Gasteiger partial charge in [-0.05, 0) is 6.92 Å². The average Bonchev–Trinajstić information content (AvgIpc) is 2.69. The highest BCUT2D eigenvalue weighted by molar-refractivity contribution is 5.96. The summed E-state index contributed by atoms with van der Waals surface area (Å²) in [6.45, 7) is 1.61. The number of carbonyl (C=O) groups excluding carboxylic acids is 1. The molecule has 0 fully saturated rings. The van der Waals surface area contributed by atoms with Crippen LogP contribution in [0.4, 0.5) is 0 Å². The van der Waals surface area contributed by atoms with E-state index >= 15 is 0 Å². The Labute approximate surface area is 85.5 Å². The van der Waals surface area contributed by atoms with Crippen molar-refractivity contribution in [1.29, 1.82) is 0 Å². The van der Waals surface area contributed by atoms with Crippen molar-refractivity contribution < 1.29 is 19.2 Å². The first-order valence-electron chi connectivity index (χ1n) is 4.37. The fraction of sp³-hybridized carbons (Fsp3) is 0.500. The molecule has 1 atom stereocenters. The summed E-state index contributed by atoms with van der Waals surface area (Å²) < 4.78 is 4.49. The second kappa shape index (κ2) is 5.08. The van der Waals surface area contributed by atoms with Gasteiger partial charge in [0.05, 0.1) is 0 Å². The predicted molar refractivity (Wildman–Crippen MR) is 47.8 cm³/mol. The van der Waals surface area contributed by atoms with Gasteiger partial charge < -0.3 is 14.9 Å². The molecule has 15 heavy (non-hydrogen) atoms. The molecule has 0 saturated carbocycles. The van der Waals surface area contributed by atoms with Crippen LogP contribution in [0, 0.1) is 5.92 Å². The zero-order chi connectivity index (χ0) is 11.3. The Morgan fingerprint density at radius 1 is 1.67 bits per heavy atom. The van der Waals surface area contributed by atoms with Gasteiger partial charge in [-0.25, -0.2) is 0 Å². The first-order chi connectivity index (χ1) is 7.11. The second-order valence-electron chi connectivity index (χ2n) is 2.95. The number of carboxylic acid groups (broad SMARTS) is 1.